The summed E-state index contributed by atoms with van der Waals surface area (Å²) in [7, 11) is 0. The summed E-state index contributed by atoms with van der Waals surface area (Å²) in [6.07, 6.45) is -7.07. The zero-order chi connectivity index (χ0) is 24.0. The van der Waals surface area contributed by atoms with E-state index in [1.807, 2.05) is 0 Å². The molecule has 1 fully saturated rings. The molecule has 0 aliphatic carbocycles. The smallest absolute Gasteiger partial charge is 0.320 e. The standard InChI is InChI=1S/C20H38N2O9/c1-19(2,3)30-13(23)10-22(11-14(24)31-20(4,5)6)8-7-21-9-12-15(25)16(26)17(27)18(28)29-12/h12,15-18,21,25-28H,7-11H2,1-6H3/t12?,15-,16-,17?,18?/m0/s1. The minimum absolute atomic E-state index is 0.0642. The molecule has 1 rings (SSSR count). The van der Waals surface area contributed by atoms with E-state index < -0.39 is 53.8 Å². The van der Waals surface area contributed by atoms with Gasteiger partial charge in [0.05, 0.1) is 13.1 Å². The molecule has 1 heterocycles. The van der Waals surface area contributed by atoms with Crippen LogP contribution in [0.25, 0.3) is 0 Å². The highest BCUT2D eigenvalue weighted by molar-refractivity contribution is 5.75. The number of aliphatic hydroxyl groups excluding tert-OH is 4. The summed E-state index contributed by atoms with van der Waals surface area (Å²) in [4.78, 5) is 26.0. The second-order valence-corrected chi connectivity index (χ2v) is 9.62. The average Bonchev–Trinajstić information content (AvgIpc) is 2.57. The molecule has 1 aliphatic rings. The molecule has 0 bridgehead atoms. The van der Waals surface area contributed by atoms with Gasteiger partial charge in [-0.25, -0.2) is 0 Å². The van der Waals surface area contributed by atoms with Crippen molar-refractivity contribution in [1.29, 1.82) is 0 Å². The third kappa shape index (κ3) is 10.7. The summed E-state index contributed by atoms with van der Waals surface area (Å²) >= 11 is 0. The lowest BCUT2D eigenvalue weighted by atomic mass is 9.99. The molecule has 0 spiro atoms. The van der Waals surface area contributed by atoms with Gasteiger partial charge in [-0.3, -0.25) is 14.5 Å². The third-order valence-electron chi connectivity index (χ3n) is 4.18. The first-order chi connectivity index (χ1) is 14.1. The molecule has 1 aliphatic heterocycles. The molecular formula is C20H38N2O9. The zero-order valence-electron chi connectivity index (χ0n) is 19.2. The lowest BCUT2D eigenvalue weighted by Crippen LogP contribution is -2.59. The summed E-state index contributed by atoms with van der Waals surface area (Å²) in [6, 6.07) is 0. The van der Waals surface area contributed by atoms with Gasteiger partial charge in [0.15, 0.2) is 6.29 Å². The van der Waals surface area contributed by atoms with Gasteiger partial charge in [-0.1, -0.05) is 0 Å². The predicted molar refractivity (Wildman–Crippen MR) is 110 cm³/mol. The summed E-state index contributed by atoms with van der Waals surface area (Å²) < 4.78 is 15.7. The second-order valence-electron chi connectivity index (χ2n) is 9.62. The van der Waals surface area contributed by atoms with Crippen molar-refractivity contribution in [3.05, 3.63) is 0 Å². The largest absolute Gasteiger partial charge is 0.459 e. The molecule has 5 atom stereocenters. The first-order valence-corrected chi connectivity index (χ1v) is 10.3. The Morgan fingerprint density at radius 2 is 1.35 bits per heavy atom. The maximum Gasteiger partial charge on any atom is 0.320 e. The van der Waals surface area contributed by atoms with Gasteiger partial charge in [-0.15, -0.1) is 0 Å². The lowest BCUT2D eigenvalue weighted by Gasteiger charge is -2.38. The van der Waals surface area contributed by atoms with Gasteiger partial charge in [0.1, 0.15) is 35.6 Å². The topological polar surface area (TPSA) is 158 Å². The van der Waals surface area contributed by atoms with Crippen LogP contribution in [0.4, 0.5) is 0 Å². The van der Waals surface area contributed by atoms with E-state index in [1.165, 1.54) is 0 Å². The monoisotopic (exact) mass is 450 g/mol. The maximum absolute atomic E-state index is 12.2. The van der Waals surface area contributed by atoms with Crippen molar-refractivity contribution >= 4 is 11.9 Å². The van der Waals surface area contributed by atoms with Crippen molar-refractivity contribution in [3.8, 4) is 0 Å². The fraction of sp³-hybridized carbons (Fsp3) is 0.900. The van der Waals surface area contributed by atoms with Gasteiger partial charge in [0.2, 0.25) is 0 Å². The van der Waals surface area contributed by atoms with Crippen molar-refractivity contribution in [2.75, 3.05) is 32.7 Å². The number of hydrogen-bond donors (Lipinski definition) is 5. The minimum Gasteiger partial charge on any atom is -0.459 e. The van der Waals surface area contributed by atoms with Gasteiger partial charge in [-0.2, -0.15) is 0 Å². The average molecular weight is 451 g/mol. The van der Waals surface area contributed by atoms with Gasteiger partial charge < -0.3 is 40.0 Å². The van der Waals surface area contributed by atoms with Gasteiger partial charge in [-0.05, 0) is 41.5 Å². The van der Waals surface area contributed by atoms with Crippen molar-refractivity contribution in [2.24, 2.45) is 0 Å². The molecule has 31 heavy (non-hydrogen) atoms. The van der Waals surface area contributed by atoms with Crippen LogP contribution >= 0.6 is 0 Å². The van der Waals surface area contributed by atoms with Crippen LogP contribution in [0.2, 0.25) is 0 Å². The maximum atomic E-state index is 12.2. The summed E-state index contributed by atoms with van der Waals surface area (Å²) in [5, 5.41) is 41.8. The van der Waals surface area contributed by atoms with E-state index in [2.05, 4.69) is 5.32 Å². The highest BCUT2D eigenvalue weighted by atomic mass is 16.6. The number of esters is 2. The molecule has 5 N–H and O–H groups in total. The van der Waals surface area contributed by atoms with Crippen LogP contribution in [0.15, 0.2) is 0 Å². The number of nitrogens with one attached hydrogen (secondary N) is 1. The minimum atomic E-state index is -1.61. The summed E-state index contributed by atoms with van der Waals surface area (Å²) in [5.74, 6) is -0.968. The van der Waals surface area contributed by atoms with Crippen LogP contribution in [-0.2, 0) is 23.8 Å². The highest BCUT2D eigenvalue weighted by Crippen LogP contribution is 2.19. The Morgan fingerprint density at radius 3 is 1.81 bits per heavy atom. The van der Waals surface area contributed by atoms with E-state index in [1.54, 1.807) is 46.4 Å². The summed E-state index contributed by atoms with van der Waals surface area (Å²) in [6.45, 7) is 10.9. The molecule has 11 nitrogen and oxygen atoms in total. The van der Waals surface area contributed by atoms with Crippen LogP contribution in [0.5, 0.6) is 0 Å². The fourth-order valence-electron chi connectivity index (χ4n) is 2.91. The Kier molecular flexibility index (Phi) is 10.3. The Morgan fingerprint density at radius 1 is 0.871 bits per heavy atom. The molecule has 0 aromatic rings. The van der Waals surface area contributed by atoms with Crippen molar-refractivity contribution < 1.29 is 44.2 Å². The van der Waals surface area contributed by atoms with Crippen LogP contribution < -0.4 is 5.32 Å². The van der Waals surface area contributed by atoms with Crippen molar-refractivity contribution in [2.45, 2.75) is 83.5 Å². The Labute approximate surface area is 183 Å². The van der Waals surface area contributed by atoms with E-state index in [0.29, 0.717) is 6.54 Å². The van der Waals surface area contributed by atoms with E-state index in [9.17, 15) is 30.0 Å². The fourth-order valence-corrected chi connectivity index (χ4v) is 2.91. The molecule has 0 aromatic carbocycles. The third-order valence-corrected chi connectivity index (χ3v) is 4.18. The van der Waals surface area contributed by atoms with Crippen LogP contribution in [0.1, 0.15) is 41.5 Å². The molecule has 0 aromatic heterocycles. The quantitative estimate of drug-likeness (QED) is 0.203. The number of hydrogen-bond acceptors (Lipinski definition) is 11. The van der Waals surface area contributed by atoms with Gasteiger partial charge in [0, 0.05) is 19.6 Å². The van der Waals surface area contributed by atoms with Crippen molar-refractivity contribution in [3.63, 3.8) is 0 Å². The number of nitrogens with zero attached hydrogens (tertiary/aromatic N) is 1. The van der Waals surface area contributed by atoms with E-state index >= 15 is 0 Å². The Balaban J connectivity index is 2.59. The Hall–Kier alpha value is -1.34. The van der Waals surface area contributed by atoms with Crippen LogP contribution in [-0.4, -0.2) is 112 Å². The molecule has 1 saturated heterocycles. The van der Waals surface area contributed by atoms with Crippen LogP contribution in [0, 0.1) is 0 Å². The van der Waals surface area contributed by atoms with Crippen LogP contribution in [0.3, 0.4) is 0 Å². The Bertz CT molecular complexity index is 558. The number of carbonyl (C=O) groups excluding carboxylic acids is 2. The first-order valence-electron chi connectivity index (χ1n) is 10.3. The molecule has 182 valence electrons. The number of ether oxygens (including phenoxy) is 3. The number of carbonyl (C=O) groups is 2. The molecular weight excluding hydrogens is 412 g/mol. The van der Waals surface area contributed by atoms with Gasteiger partial charge >= 0.3 is 11.9 Å². The molecule has 0 amide bonds. The molecule has 11 heteroatoms. The van der Waals surface area contributed by atoms with Crippen molar-refractivity contribution in [1.82, 2.24) is 10.2 Å². The first kappa shape index (κ1) is 27.7. The van der Waals surface area contributed by atoms with Gasteiger partial charge in [0.25, 0.3) is 0 Å². The molecule has 0 saturated carbocycles. The van der Waals surface area contributed by atoms with E-state index in [-0.39, 0.29) is 26.2 Å². The lowest BCUT2D eigenvalue weighted by molar-refractivity contribution is -0.280. The second kappa shape index (κ2) is 11.5. The molecule has 0 radical (unpaired) electrons. The summed E-state index contributed by atoms with van der Waals surface area (Å²) in [5.41, 5.74) is -1.32. The molecule has 3 unspecified atom stereocenters. The van der Waals surface area contributed by atoms with E-state index in [0.717, 1.165) is 0 Å². The van der Waals surface area contributed by atoms with E-state index in [4.69, 9.17) is 14.2 Å². The zero-order valence-corrected chi connectivity index (χ0v) is 19.2. The predicted octanol–water partition coefficient (Wildman–Crippen LogP) is -1.64. The SMILES string of the molecule is CC(C)(C)OC(=O)CN(CCNCC1OC(O)C(O)[C@@H](O)[C@H]1O)CC(=O)OC(C)(C)C. The highest BCUT2D eigenvalue weighted by Gasteiger charge is 2.42. The number of rotatable bonds is 9. The number of aliphatic hydroxyl groups is 4. The normalized spacial score (nSPS) is 27.3.